The molecule has 1 aromatic heterocycles. The molecule has 2 heterocycles. The van der Waals surface area contributed by atoms with Gasteiger partial charge >= 0.3 is 0 Å². The fourth-order valence-corrected chi connectivity index (χ4v) is 1.41. The van der Waals surface area contributed by atoms with Crippen molar-refractivity contribution in [1.29, 1.82) is 0 Å². The second-order valence-corrected chi connectivity index (χ2v) is 3.11. The Morgan fingerprint density at radius 3 is 3.08 bits per heavy atom. The number of alkyl halides is 1. The van der Waals surface area contributed by atoms with Crippen molar-refractivity contribution >= 4 is 11.8 Å². The van der Waals surface area contributed by atoms with Crippen molar-refractivity contribution in [1.82, 2.24) is 9.97 Å². The zero-order chi connectivity index (χ0) is 9.26. The molecule has 0 spiro atoms. The Hall–Kier alpha value is -1.39. The monoisotopic (exact) mass is 182 g/mol. The van der Waals surface area contributed by atoms with Gasteiger partial charge in [0.2, 0.25) is 5.95 Å². The van der Waals surface area contributed by atoms with Crippen LogP contribution in [0.2, 0.25) is 0 Å². The van der Waals surface area contributed by atoms with Gasteiger partial charge in [-0.15, -0.1) is 0 Å². The Kier molecular flexibility index (Phi) is 2.00. The average Bonchev–Trinajstić information content (AvgIpc) is 2.52. The zero-order valence-electron chi connectivity index (χ0n) is 7.15. The molecule has 1 unspecified atom stereocenters. The van der Waals surface area contributed by atoms with Crippen molar-refractivity contribution in [2.75, 3.05) is 23.7 Å². The lowest BCUT2D eigenvalue weighted by molar-refractivity contribution is 0.364. The van der Waals surface area contributed by atoms with E-state index >= 15 is 0 Å². The van der Waals surface area contributed by atoms with E-state index in [0.717, 1.165) is 0 Å². The molecule has 0 aliphatic carbocycles. The Morgan fingerprint density at radius 2 is 2.46 bits per heavy atom. The van der Waals surface area contributed by atoms with E-state index in [4.69, 9.17) is 5.73 Å². The third-order valence-electron chi connectivity index (χ3n) is 2.08. The first-order chi connectivity index (χ1) is 6.25. The minimum absolute atomic E-state index is 0.378. The maximum atomic E-state index is 12.8. The third kappa shape index (κ3) is 1.68. The first-order valence-corrected chi connectivity index (χ1v) is 4.23. The van der Waals surface area contributed by atoms with Gasteiger partial charge in [-0.25, -0.2) is 9.37 Å². The largest absolute Gasteiger partial charge is 0.384 e. The molecule has 1 aromatic rings. The number of hydrogen-bond acceptors (Lipinski definition) is 4. The summed E-state index contributed by atoms with van der Waals surface area (Å²) in [6.07, 6.45) is 1.38. The molecular formula is C8H11FN4. The lowest BCUT2D eigenvalue weighted by Crippen LogP contribution is -2.22. The number of nitrogen functional groups attached to an aromatic ring is 1. The van der Waals surface area contributed by atoms with Crippen LogP contribution in [-0.4, -0.2) is 29.2 Å². The highest BCUT2D eigenvalue weighted by Crippen LogP contribution is 2.17. The minimum Gasteiger partial charge on any atom is -0.384 e. The van der Waals surface area contributed by atoms with E-state index in [2.05, 4.69) is 9.97 Å². The number of anilines is 2. The van der Waals surface area contributed by atoms with E-state index in [-0.39, 0.29) is 0 Å². The van der Waals surface area contributed by atoms with Gasteiger partial charge in [0.15, 0.2) is 0 Å². The van der Waals surface area contributed by atoms with Gasteiger partial charge in [-0.1, -0.05) is 0 Å². The van der Waals surface area contributed by atoms with Crippen LogP contribution in [0, 0.1) is 0 Å². The highest BCUT2D eigenvalue weighted by molar-refractivity contribution is 5.38. The second kappa shape index (κ2) is 3.16. The van der Waals surface area contributed by atoms with Crippen molar-refractivity contribution in [2.24, 2.45) is 0 Å². The van der Waals surface area contributed by atoms with Gasteiger partial charge in [-0.3, -0.25) is 0 Å². The molecule has 2 N–H and O–H groups in total. The molecular weight excluding hydrogens is 171 g/mol. The van der Waals surface area contributed by atoms with Crippen molar-refractivity contribution in [3.63, 3.8) is 0 Å². The van der Waals surface area contributed by atoms with Gasteiger partial charge in [0.05, 0.1) is 6.54 Å². The number of nitrogens with two attached hydrogens (primary N) is 1. The van der Waals surface area contributed by atoms with Crippen LogP contribution in [0.1, 0.15) is 6.42 Å². The molecule has 1 fully saturated rings. The second-order valence-electron chi connectivity index (χ2n) is 3.11. The van der Waals surface area contributed by atoms with Crippen molar-refractivity contribution in [2.45, 2.75) is 12.6 Å². The summed E-state index contributed by atoms with van der Waals surface area (Å²) in [6, 6.07) is 1.62. The van der Waals surface area contributed by atoms with Crippen LogP contribution in [0.25, 0.3) is 0 Å². The van der Waals surface area contributed by atoms with E-state index < -0.39 is 6.17 Å². The number of aromatic nitrogens is 2. The summed E-state index contributed by atoms with van der Waals surface area (Å²) in [4.78, 5) is 9.85. The first kappa shape index (κ1) is 8.22. The summed E-state index contributed by atoms with van der Waals surface area (Å²) >= 11 is 0. The van der Waals surface area contributed by atoms with Crippen LogP contribution in [0.4, 0.5) is 16.2 Å². The Balaban J connectivity index is 2.16. The highest BCUT2D eigenvalue weighted by atomic mass is 19.1. The van der Waals surface area contributed by atoms with Crippen LogP contribution in [-0.2, 0) is 0 Å². The van der Waals surface area contributed by atoms with Gasteiger partial charge < -0.3 is 10.6 Å². The predicted octanol–water partition coefficient (Wildman–Crippen LogP) is 0.607. The van der Waals surface area contributed by atoms with E-state index in [0.29, 0.717) is 31.3 Å². The SMILES string of the molecule is Nc1ccnc(N2CCC(F)C2)n1. The molecule has 0 radical (unpaired) electrons. The van der Waals surface area contributed by atoms with Gasteiger partial charge in [-0.05, 0) is 12.5 Å². The normalized spacial score (nSPS) is 22.2. The number of rotatable bonds is 1. The summed E-state index contributed by atoms with van der Waals surface area (Å²) < 4.78 is 12.8. The number of hydrogen-bond donors (Lipinski definition) is 1. The average molecular weight is 182 g/mol. The van der Waals surface area contributed by atoms with Crippen LogP contribution in [0.15, 0.2) is 12.3 Å². The number of halogens is 1. The Labute approximate surface area is 75.6 Å². The third-order valence-corrected chi connectivity index (χ3v) is 2.08. The fourth-order valence-electron chi connectivity index (χ4n) is 1.41. The van der Waals surface area contributed by atoms with Crippen LogP contribution in [0.5, 0.6) is 0 Å². The predicted molar refractivity (Wildman–Crippen MR) is 48.2 cm³/mol. The summed E-state index contributed by atoms with van der Waals surface area (Å²) in [7, 11) is 0. The summed E-state index contributed by atoms with van der Waals surface area (Å²) in [6.45, 7) is 1.05. The molecule has 1 atom stereocenters. The summed E-state index contributed by atoms with van der Waals surface area (Å²) in [5.41, 5.74) is 5.49. The molecule has 5 heteroatoms. The zero-order valence-corrected chi connectivity index (χ0v) is 7.15. The van der Waals surface area contributed by atoms with Gasteiger partial charge in [0, 0.05) is 12.7 Å². The quantitative estimate of drug-likeness (QED) is 0.691. The molecule has 4 nitrogen and oxygen atoms in total. The molecule has 0 saturated carbocycles. The van der Waals surface area contributed by atoms with Crippen LogP contribution >= 0.6 is 0 Å². The molecule has 13 heavy (non-hydrogen) atoms. The number of nitrogens with zero attached hydrogens (tertiary/aromatic N) is 3. The molecule has 2 rings (SSSR count). The molecule has 70 valence electrons. The molecule has 0 aromatic carbocycles. The Bertz CT molecular complexity index is 304. The van der Waals surface area contributed by atoms with E-state index in [1.54, 1.807) is 17.2 Å². The summed E-state index contributed by atoms with van der Waals surface area (Å²) in [5.74, 6) is 0.951. The van der Waals surface area contributed by atoms with Crippen molar-refractivity contribution in [3.05, 3.63) is 12.3 Å². The minimum atomic E-state index is -0.759. The Morgan fingerprint density at radius 1 is 1.62 bits per heavy atom. The maximum Gasteiger partial charge on any atom is 0.227 e. The molecule has 0 amide bonds. The van der Waals surface area contributed by atoms with Gasteiger partial charge in [0.25, 0.3) is 0 Å². The van der Waals surface area contributed by atoms with Crippen LogP contribution < -0.4 is 10.6 Å². The van der Waals surface area contributed by atoms with Gasteiger partial charge in [0.1, 0.15) is 12.0 Å². The molecule has 0 bridgehead atoms. The molecule has 1 aliphatic rings. The van der Waals surface area contributed by atoms with Crippen molar-refractivity contribution < 1.29 is 4.39 Å². The fraction of sp³-hybridized carbons (Fsp3) is 0.500. The van der Waals surface area contributed by atoms with E-state index in [9.17, 15) is 4.39 Å². The topological polar surface area (TPSA) is 55.0 Å². The highest BCUT2D eigenvalue weighted by Gasteiger charge is 2.23. The van der Waals surface area contributed by atoms with E-state index in [1.807, 2.05) is 0 Å². The van der Waals surface area contributed by atoms with Crippen molar-refractivity contribution in [3.8, 4) is 0 Å². The van der Waals surface area contributed by atoms with Crippen LogP contribution in [0.3, 0.4) is 0 Å². The maximum absolute atomic E-state index is 12.8. The molecule has 1 saturated heterocycles. The lowest BCUT2D eigenvalue weighted by atomic mass is 10.3. The summed E-state index contributed by atoms with van der Waals surface area (Å²) in [5, 5.41) is 0. The lowest BCUT2D eigenvalue weighted by Gasteiger charge is -2.14. The van der Waals surface area contributed by atoms with E-state index in [1.165, 1.54) is 0 Å². The van der Waals surface area contributed by atoms with Gasteiger partial charge in [-0.2, -0.15) is 4.98 Å². The smallest absolute Gasteiger partial charge is 0.227 e. The molecule has 1 aliphatic heterocycles. The first-order valence-electron chi connectivity index (χ1n) is 4.23. The standard InChI is InChI=1S/C8H11FN4/c9-6-2-4-13(5-6)8-11-3-1-7(10)12-8/h1,3,6H,2,4-5H2,(H2,10,11,12).